The van der Waals surface area contributed by atoms with Crippen LogP contribution in [0.1, 0.15) is 91.9 Å². The first-order chi connectivity index (χ1) is 14.3. The summed E-state index contributed by atoms with van der Waals surface area (Å²) >= 11 is 0. The van der Waals surface area contributed by atoms with Crippen molar-refractivity contribution < 1.29 is 15.2 Å². The summed E-state index contributed by atoms with van der Waals surface area (Å²) in [5.41, 5.74) is 1.07. The summed E-state index contributed by atoms with van der Waals surface area (Å²) in [6.45, 7) is 11.5. The Kier molecular flexibility index (Phi) is 4.58. The van der Waals surface area contributed by atoms with Crippen molar-refractivity contribution in [1.82, 2.24) is 0 Å². The summed E-state index contributed by atoms with van der Waals surface area (Å²) in [5.74, 6) is 5.75. The van der Waals surface area contributed by atoms with Gasteiger partial charge in [0.2, 0.25) is 5.72 Å². The van der Waals surface area contributed by atoms with Gasteiger partial charge in [-0.2, -0.15) is 0 Å². The molecule has 2 saturated heterocycles. The minimum absolute atomic E-state index is 0.0285. The van der Waals surface area contributed by atoms with Crippen LogP contribution in [0, 0.1) is 52.3 Å². The fourth-order valence-corrected chi connectivity index (χ4v) is 10.6. The van der Waals surface area contributed by atoms with Crippen molar-refractivity contribution in [1.29, 1.82) is 0 Å². The predicted octanol–water partition coefficient (Wildman–Crippen LogP) is 4.34. The van der Waals surface area contributed by atoms with Crippen LogP contribution in [0.4, 0.5) is 0 Å². The Morgan fingerprint density at radius 2 is 1.67 bits per heavy atom. The van der Waals surface area contributed by atoms with E-state index in [1.807, 2.05) is 0 Å². The quantitative estimate of drug-likeness (QED) is 0.617. The van der Waals surface area contributed by atoms with Crippen molar-refractivity contribution in [2.75, 3.05) is 6.54 Å². The van der Waals surface area contributed by atoms with Gasteiger partial charge < -0.3 is 15.2 Å². The van der Waals surface area contributed by atoms with Gasteiger partial charge in [0.05, 0.1) is 18.8 Å². The second-order valence-corrected chi connectivity index (χ2v) is 13.4. The molecule has 4 saturated carbocycles. The third-order valence-electron chi connectivity index (χ3n) is 12.3. The Bertz CT molecular complexity index is 686. The van der Waals surface area contributed by atoms with Crippen molar-refractivity contribution >= 4 is 0 Å². The Hall–Kier alpha value is -0.120. The molecule has 0 radical (unpaired) electrons. The average Bonchev–Trinajstić information content (AvgIpc) is 3.16. The minimum atomic E-state index is -0.0285. The van der Waals surface area contributed by atoms with Gasteiger partial charge in [-0.05, 0) is 92.3 Å². The molecular formula is C27H46NO2+. The van der Waals surface area contributed by atoms with Crippen molar-refractivity contribution in [2.24, 2.45) is 52.3 Å². The van der Waals surface area contributed by atoms with Gasteiger partial charge in [0.25, 0.3) is 0 Å². The third kappa shape index (κ3) is 2.61. The van der Waals surface area contributed by atoms with E-state index in [1.165, 1.54) is 57.9 Å². The number of aliphatic hydroxyl groups is 1. The molecule has 0 bridgehead atoms. The second kappa shape index (κ2) is 6.70. The Morgan fingerprint density at radius 1 is 0.867 bits per heavy atom. The summed E-state index contributed by atoms with van der Waals surface area (Å²) in [5, 5.41) is 12.9. The number of piperidine rings is 1. The monoisotopic (exact) mass is 416 g/mol. The average molecular weight is 417 g/mol. The molecule has 30 heavy (non-hydrogen) atoms. The van der Waals surface area contributed by atoms with Crippen LogP contribution in [0.25, 0.3) is 0 Å². The Labute approximate surface area is 184 Å². The summed E-state index contributed by atoms with van der Waals surface area (Å²) in [6.07, 6.45) is 13.4. The van der Waals surface area contributed by atoms with Gasteiger partial charge in [-0.1, -0.05) is 27.7 Å². The number of nitrogens with two attached hydrogens (primary N) is 1. The van der Waals surface area contributed by atoms with Crippen LogP contribution in [-0.2, 0) is 4.74 Å². The van der Waals surface area contributed by atoms with Crippen LogP contribution in [0.2, 0.25) is 0 Å². The summed E-state index contributed by atoms with van der Waals surface area (Å²) in [4.78, 5) is 0. The van der Waals surface area contributed by atoms with E-state index in [9.17, 15) is 5.11 Å². The van der Waals surface area contributed by atoms with E-state index in [1.54, 1.807) is 0 Å². The summed E-state index contributed by atoms with van der Waals surface area (Å²) in [6, 6.07) is 0. The van der Waals surface area contributed by atoms with Crippen molar-refractivity contribution in [2.45, 2.75) is 110 Å². The highest BCUT2D eigenvalue weighted by molar-refractivity contribution is 5.15. The topological polar surface area (TPSA) is 46.1 Å². The first kappa shape index (κ1) is 20.5. The number of hydrogen-bond acceptors (Lipinski definition) is 2. The molecule has 170 valence electrons. The molecular weight excluding hydrogens is 370 g/mol. The number of fused-ring (bicyclic) bond motifs is 7. The lowest BCUT2D eigenvalue weighted by atomic mass is 9.44. The fourth-order valence-electron chi connectivity index (χ4n) is 10.6. The van der Waals surface area contributed by atoms with Crippen LogP contribution in [0.3, 0.4) is 0 Å². The lowest BCUT2D eigenvalue weighted by Gasteiger charge is -2.61. The lowest BCUT2D eigenvalue weighted by molar-refractivity contribution is -0.786. The zero-order valence-corrected chi connectivity index (χ0v) is 19.9. The van der Waals surface area contributed by atoms with E-state index >= 15 is 0 Å². The first-order valence-corrected chi connectivity index (χ1v) is 13.5. The summed E-state index contributed by atoms with van der Waals surface area (Å²) < 4.78 is 7.07. The number of aliphatic hydroxyl groups excluding tert-OH is 1. The van der Waals surface area contributed by atoms with Crippen LogP contribution in [-0.4, -0.2) is 29.6 Å². The fraction of sp³-hybridized carbons (Fsp3) is 1.00. The standard InChI is InChI=1S/C27H45NO2/c1-16-7-12-27(28-15-16)17(2)24-23(30-27)14-22-20-6-5-18-13-19(29)8-10-25(18,3)21(20)9-11-26(22,24)4/h16-24,28-29H,5-15H2,1-4H3/p+1/t16-,17-,18-,19-,20+,21-,22-,23?,24-,25-,26-,27-/m0/s1. The molecule has 3 N–H and O–H groups in total. The maximum atomic E-state index is 10.3. The predicted molar refractivity (Wildman–Crippen MR) is 119 cm³/mol. The molecule has 0 aromatic rings. The Balaban J connectivity index is 1.26. The van der Waals surface area contributed by atoms with Crippen LogP contribution in [0.15, 0.2) is 0 Å². The molecule has 0 aromatic carbocycles. The van der Waals surface area contributed by atoms with Crippen molar-refractivity contribution in [3.8, 4) is 0 Å². The SMILES string of the molecule is C[C@H]1CC[C@]2([NH2+]C1)OC1C[C@H]3[C@@H]4CC[C@H]5C[C@@H](O)CC[C@]5(C)[C@H]4CC[C@]3(C)[C@H]1[C@@H]2C. The number of hydrogen-bond donors (Lipinski definition) is 2. The maximum absolute atomic E-state index is 10.3. The van der Waals surface area contributed by atoms with Gasteiger partial charge in [0, 0.05) is 24.2 Å². The first-order valence-electron chi connectivity index (χ1n) is 13.5. The van der Waals surface area contributed by atoms with Gasteiger partial charge in [0.1, 0.15) is 0 Å². The number of quaternary nitrogens is 1. The normalized spacial score (nSPS) is 62.5. The summed E-state index contributed by atoms with van der Waals surface area (Å²) in [7, 11) is 0. The highest BCUT2D eigenvalue weighted by atomic mass is 16.5. The second-order valence-electron chi connectivity index (χ2n) is 13.4. The van der Waals surface area contributed by atoms with Gasteiger partial charge in [-0.25, -0.2) is 0 Å². The van der Waals surface area contributed by atoms with E-state index in [-0.39, 0.29) is 11.8 Å². The van der Waals surface area contributed by atoms with Crippen molar-refractivity contribution in [3.63, 3.8) is 0 Å². The molecule has 0 amide bonds. The molecule has 1 spiro atoms. The lowest BCUT2D eigenvalue weighted by Crippen LogP contribution is -3.00. The molecule has 3 heteroatoms. The molecule has 0 aromatic heterocycles. The van der Waals surface area contributed by atoms with Gasteiger partial charge in [0.15, 0.2) is 0 Å². The molecule has 12 atom stereocenters. The molecule has 1 unspecified atom stereocenters. The zero-order valence-electron chi connectivity index (χ0n) is 19.9. The number of ether oxygens (including phenoxy) is 1. The van der Waals surface area contributed by atoms with Crippen molar-refractivity contribution in [3.05, 3.63) is 0 Å². The maximum Gasteiger partial charge on any atom is 0.203 e. The molecule has 2 heterocycles. The molecule has 2 aliphatic heterocycles. The molecule has 6 aliphatic rings. The highest BCUT2D eigenvalue weighted by Crippen LogP contribution is 2.70. The van der Waals surface area contributed by atoms with Crippen LogP contribution in [0.5, 0.6) is 0 Å². The Morgan fingerprint density at radius 3 is 2.43 bits per heavy atom. The molecule has 4 aliphatic carbocycles. The zero-order chi connectivity index (χ0) is 20.9. The number of rotatable bonds is 0. The van der Waals surface area contributed by atoms with E-state index in [2.05, 4.69) is 33.0 Å². The van der Waals surface area contributed by atoms with Gasteiger partial charge >= 0.3 is 0 Å². The van der Waals surface area contributed by atoms with E-state index in [0.29, 0.717) is 22.9 Å². The minimum Gasteiger partial charge on any atom is -0.393 e. The van der Waals surface area contributed by atoms with E-state index in [4.69, 9.17) is 4.74 Å². The highest BCUT2D eigenvalue weighted by Gasteiger charge is 2.69. The molecule has 3 nitrogen and oxygen atoms in total. The third-order valence-corrected chi connectivity index (χ3v) is 12.3. The smallest absolute Gasteiger partial charge is 0.203 e. The van der Waals surface area contributed by atoms with Crippen LogP contribution < -0.4 is 5.32 Å². The molecule has 6 fully saturated rings. The van der Waals surface area contributed by atoms with E-state index < -0.39 is 0 Å². The van der Waals surface area contributed by atoms with E-state index in [0.717, 1.165) is 48.3 Å². The van der Waals surface area contributed by atoms with Gasteiger partial charge in [-0.15, -0.1) is 0 Å². The largest absolute Gasteiger partial charge is 0.393 e. The molecule has 6 rings (SSSR count). The van der Waals surface area contributed by atoms with Crippen LogP contribution >= 0.6 is 0 Å². The van der Waals surface area contributed by atoms with Gasteiger partial charge in [-0.3, -0.25) is 0 Å².